The van der Waals surface area contributed by atoms with Crippen LogP contribution in [0.1, 0.15) is 16.7 Å². The van der Waals surface area contributed by atoms with Crippen molar-refractivity contribution in [3.63, 3.8) is 0 Å². The summed E-state index contributed by atoms with van der Waals surface area (Å²) < 4.78 is 0. The van der Waals surface area contributed by atoms with Crippen LogP contribution < -0.4 is 5.32 Å². The van der Waals surface area contributed by atoms with Crippen molar-refractivity contribution in [2.45, 2.75) is 13.5 Å². The Labute approximate surface area is 145 Å². The average molecular weight is 343 g/mol. The Morgan fingerprint density at radius 3 is 2.61 bits per heavy atom. The van der Waals surface area contributed by atoms with Gasteiger partial charge in [-0.25, -0.2) is 0 Å². The fraction of sp³-hybridized carbons (Fsp3) is 0.111. The van der Waals surface area contributed by atoms with E-state index in [4.69, 9.17) is 23.8 Å². The SMILES string of the molecule is Cc1ccccc1/C=C1\NC(=S)N(Cc2ccccc2Cl)C1=O. The van der Waals surface area contributed by atoms with Crippen molar-refractivity contribution in [2.24, 2.45) is 0 Å². The maximum Gasteiger partial charge on any atom is 0.276 e. The van der Waals surface area contributed by atoms with Crippen LogP contribution in [0.5, 0.6) is 0 Å². The van der Waals surface area contributed by atoms with E-state index in [1.54, 1.807) is 6.07 Å². The maximum absolute atomic E-state index is 12.6. The minimum absolute atomic E-state index is 0.141. The zero-order valence-corrected chi connectivity index (χ0v) is 14.1. The number of carbonyl (C=O) groups is 1. The Hall–Kier alpha value is -2.17. The first-order chi connectivity index (χ1) is 11.1. The van der Waals surface area contributed by atoms with Crippen molar-refractivity contribution < 1.29 is 4.79 Å². The standard InChI is InChI=1S/C18H15ClN2OS/c1-12-6-2-3-7-13(12)10-16-17(22)21(18(23)20-16)11-14-8-4-5-9-15(14)19/h2-10H,11H2,1H3,(H,20,23)/b16-10-. The molecule has 0 radical (unpaired) electrons. The van der Waals surface area contributed by atoms with Crippen molar-refractivity contribution >= 4 is 40.9 Å². The summed E-state index contributed by atoms with van der Waals surface area (Å²) in [5.41, 5.74) is 3.44. The van der Waals surface area contributed by atoms with Crippen LogP contribution >= 0.6 is 23.8 Å². The van der Waals surface area contributed by atoms with Gasteiger partial charge in [-0.15, -0.1) is 0 Å². The molecular formula is C18H15ClN2OS. The van der Waals surface area contributed by atoms with Crippen molar-refractivity contribution in [3.8, 4) is 0 Å². The number of amides is 1. The third-order valence-electron chi connectivity index (χ3n) is 3.74. The first-order valence-corrected chi connectivity index (χ1v) is 7.98. The van der Waals surface area contributed by atoms with Gasteiger partial charge in [0.05, 0.1) is 6.54 Å². The van der Waals surface area contributed by atoms with E-state index in [0.717, 1.165) is 16.7 Å². The molecule has 1 heterocycles. The lowest BCUT2D eigenvalue weighted by Crippen LogP contribution is -2.30. The lowest BCUT2D eigenvalue weighted by atomic mass is 10.1. The molecule has 0 aromatic heterocycles. The molecule has 1 aliphatic heterocycles. The molecule has 0 unspecified atom stereocenters. The fourth-order valence-electron chi connectivity index (χ4n) is 2.42. The molecule has 2 aromatic rings. The van der Waals surface area contributed by atoms with Gasteiger partial charge in [0.1, 0.15) is 5.70 Å². The molecule has 0 spiro atoms. The molecule has 0 bridgehead atoms. The van der Waals surface area contributed by atoms with E-state index in [1.165, 1.54) is 4.90 Å². The molecule has 3 nitrogen and oxygen atoms in total. The molecule has 0 atom stereocenters. The smallest absolute Gasteiger partial charge is 0.276 e. The highest BCUT2D eigenvalue weighted by atomic mass is 35.5. The number of aryl methyl sites for hydroxylation is 1. The molecule has 1 saturated heterocycles. The Morgan fingerprint density at radius 1 is 1.17 bits per heavy atom. The Morgan fingerprint density at radius 2 is 1.87 bits per heavy atom. The minimum Gasteiger partial charge on any atom is -0.328 e. The van der Waals surface area contributed by atoms with Crippen LogP contribution in [0.15, 0.2) is 54.2 Å². The predicted octanol–water partition coefficient (Wildman–Crippen LogP) is 3.91. The fourth-order valence-corrected chi connectivity index (χ4v) is 2.87. The summed E-state index contributed by atoms with van der Waals surface area (Å²) in [6.45, 7) is 2.36. The average Bonchev–Trinajstić information content (AvgIpc) is 2.79. The van der Waals surface area contributed by atoms with Gasteiger partial charge in [-0.2, -0.15) is 0 Å². The highest BCUT2D eigenvalue weighted by Crippen LogP contribution is 2.22. The molecule has 2 aromatic carbocycles. The van der Waals surface area contributed by atoms with Crippen LogP contribution in [-0.2, 0) is 11.3 Å². The van der Waals surface area contributed by atoms with Crippen LogP contribution in [0.4, 0.5) is 0 Å². The van der Waals surface area contributed by atoms with Crippen LogP contribution in [0.25, 0.3) is 6.08 Å². The minimum atomic E-state index is -0.141. The largest absolute Gasteiger partial charge is 0.328 e. The van der Waals surface area contributed by atoms with Gasteiger partial charge in [0.2, 0.25) is 0 Å². The van der Waals surface area contributed by atoms with Gasteiger partial charge in [-0.3, -0.25) is 9.69 Å². The summed E-state index contributed by atoms with van der Waals surface area (Å²) in [7, 11) is 0. The predicted molar refractivity (Wildman–Crippen MR) is 96.9 cm³/mol. The molecule has 0 aliphatic carbocycles. The molecule has 1 fully saturated rings. The van der Waals surface area contributed by atoms with Gasteiger partial charge in [0, 0.05) is 5.02 Å². The second-order valence-electron chi connectivity index (χ2n) is 5.33. The molecule has 0 saturated carbocycles. The van der Waals surface area contributed by atoms with E-state index in [-0.39, 0.29) is 5.91 Å². The molecule has 3 rings (SSSR count). The maximum atomic E-state index is 12.6. The molecule has 116 valence electrons. The van der Waals surface area contributed by atoms with Crippen molar-refractivity contribution in [1.82, 2.24) is 10.2 Å². The summed E-state index contributed by atoms with van der Waals surface area (Å²) in [5, 5.41) is 4.02. The first kappa shape index (κ1) is 15.7. The summed E-state index contributed by atoms with van der Waals surface area (Å²) in [6.07, 6.45) is 1.83. The van der Waals surface area contributed by atoms with Crippen LogP contribution in [0.2, 0.25) is 5.02 Å². The lowest BCUT2D eigenvalue weighted by molar-refractivity contribution is -0.122. The number of nitrogens with one attached hydrogen (secondary N) is 1. The van der Waals surface area contributed by atoms with Gasteiger partial charge in [0.15, 0.2) is 5.11 Å². The molecule has 1 aliphatic rings. The first-order valence-electron chi connectivity index (χ1n) is 7.20. The number of halogens is 1. The molecule has 5 heteroatoms. The number of hydrogen-bond donors (Lipinski definition) is 1. The van der Waals surface area contributed by atoms with Crippen LogP contribution in [0, 0.1) is 6.92 Å². The van der Waals surface area contributed by atoms with Crippen LogP contribution in [0.3, 0.4) is 0 Å². The van der Waals surface area contributed by atoms with Gasteiger partial charge in [-0.05, 0) is 48.0 Å². The third kappa shape index (κ3) is 3.28. The second kappa shape index (κ2) is 6.52. The summed E-state index contributed by atoms with van der Waals surface area (Å²) in [4.78, 5) is 14.1. The van der Waals surface area contributed by atoms with E-state index in [1.807, 2.05) is 55.5 Å². The zero-order valence-electron chi connectivity index (χ0n) is 12.5. The number of carbonyl (C=O) groups excluding carboxylic acids is 1. The van der Waals surface area contributed by atoms with Crippen molar-refractivity contribution in [1.29, 1.82) is 0 Å². The monoisotopic (exact) mass is 342 g/mol. The highest BCUT2D eigenvalue weighted by Gasteiger charge is 2.31. The summed E-state index contributed by atoms with van der Waals surface area (Å²) in [5.74, 6) is -0.141. The number of nitrogens with zero attached hydrogens (tertiary/aromatic N) is 1. The van der Waals surface area contributed by atoms with Crippen molar-refractivity contribution in [2.75, 3.05) is 0 Å². The van der Waals surface area contributed by atoms with E-state index in [0.29, 0.717) is 22.4 Å². The van der Waals surface area contributed by atoms with Crippen molar-refractivity contribution in [3.05, 3.63) is 75.9 Å². The lowest BCUT2D eigenvalue weighted by Gasteiger charge is -2.14. The summed E-state index contributed by atoms with van der Waals surface area (Å²) >= 11 is 11.5. The molecule has 1 amide bonds. The van der Waals surface area contributed by atoms with Gasteiger partial charge in [-0.1, -0.05) is 54.1 Å². The second-order valence-corrected chi connectivity index (χ2v) is 6.12. The highest BCUT2D eigenvalue weighted by molar-refractivity contribution is 7.80. The Balaban J connectivity index is 1.86. The van der Waals surface area contributed by atoms with E-state index in [9.17, 15) is 4.79 Å². The third-order valence-corrected chi connectivity index (χ3v) is 4.43. The van der Waals surface area contributed by atoms with E-state index in [2.05, 4.69) is 5.32 Å². The number of rotatable bonds is 3. The summed E-state index contributed by atoms with van der Waals surface area (Å²) in [6, 6.07) is 15.3. The Kier molecular flexibility index (Phi) is 4.46. The molecular weight excluding hydrogens is 328 g/mol. The Bertz CT molecular complexity index is 816. The van der Waals surface area contributed by atoms with Gasteiger partial charge in [0.25, 0.3) is 5.91 Å². The van der Waals surface area contributed by atoms with E-state index < -0.39 is 0 Å². The zero-order chi connectivity index (χ0) is 16.4. The normalized spacial score (nSPS) is 16.1. The number of thiocarbonyl (C=S) groups is 1. The number of benzene rings is 2. The number of hydrogen-bond acceptors (Lipinski definition) is 2. The topological polar surface area (TPSA) is 32.3 Å². The van der Waals surface area contributed by atoms with Crippen LogP contribution in [-0.4, -0.2) is 15.9 Å². The van der Waals surface area contributed by atoms with E-state index >= 15 is 0 Å². The quantitative estimate of drug-likeness (QED) is 0.678. The van der Waals surface area contributed by atoms with Gasteiger partial charge >= 0.3 is 0 Å². The molecule has 1 N–H and O–H groups in total. The van der Waals surface area contributed by atoms with Gasteiger partial charge < -0.3 is 5.32 Å². The molecule has 23 heavy (non-hydrogen) atoms.